The maximum Gasteiger partial charge on any atom is 0.298 e. The fourth-order valence-electron chi connectivity index (χ4n) is 0.996. The van der Waals surface area contributed by atoms with E-state index in [2.05, 4.69) is 0 Å². The number of hydrogen-bond donors (Lipinski definition) is 0. The van der Waals surface area contributed by atoms with Crippen LogP contribution in [0.4, 0.5) is 0 Å². The minimum absolute atomic E-state index is 0.407. The summed E-state index contributed by atoms with van der Waals surface area (Å²) in [5, 5.41) is 0. The molecule has 0 aliphatic rings. The number of carbonyl (C=O) groups is 1. The molecule has 0 saturated heterocycles. The molecule has 0 bridgehead atoms. The van der Waals surface area contributed by atoms with E-state index in [0.717, 1.165) is 11.3 Å². The van der Waals surface area contributed by atoms with Crippen LogP contribution in [0.3, 0.4) is 0 Å². The standard InChI is InChI=1S/C8H10O3/c1-5-6(2)11-7(3)8(5)10-4-9/h4H,1-3H3. The lowest BCUT2D eigenvalue weighted by Gasteiger charge is -1.93. The second-order valence-electron chi connectivity index (χ2n) is 2.38. The van der Waals surface area contributed by atoms with Crippen molar-refractivity contribution in [2.45, 2.75) is 20.8 Å². The van der Waals surface area contributed by atoms with Crippen molar-refractivity contribution in [2.75, 3.05) is 0 Å². The molecular formula is C8H10O3. The van der Waals surface area contributed by atoms with Crippen LogP contribution in [0, 0.1) is 20.8 Å². The van der Waals surface area contributed by atoms with Crippen LogP contribution < -0.4 is 4.74 Å². The third-order valence-corrected chi connectivity index (χ3v) is 1.66. The van der Waals surface area contributed by atoms with Crippen molar-refractivity contribution in [1.29, 1.82) is 0 Å². The molecule has 0 unspecified atom stereocenters. The lowest BCUT2D eigenvalue weighted by molar-refractivity contribution is -0.120. The zero-order valence-corrected chi connectivity index (χ0v) is 6.80. The van der Waals surface area contributed by atoms with Crippen molar-refractivity contribution in [1.82, 2.24) is 0 Å². The Kier molecular flexibility index (Phi) is 1.98. The highest BCUT2D eigenvalue weighted by molar-refractivity contribution is 5.49. The molecule has 1 aromatic rings. The van der Waals surface area contributed by atoms with Gasteiger partial charge in [0, 0.05) is 5.56 Å². The average Bonchev–Trinajstić information content (AvgIpc) is 2.17. The molecule has 0 saturated carbocycles. The van der Waals surface area contributed by atoms with Crippen molar-refractivity contribution in [3.8, 4) is 5.75 Å². The zero-order chi connectivity index (χ0) is 8.43. The first kappa shape index (κ1) is 7.85. The highest BCUT2D eigenvalue weighted by Gasteiger charge is 2.11. The van der Waals surface area contributed by atoms with Crippen molar-refractivity contribution >= 4 is 6.47 Å². The molecule has 11 heavy (non-hydrogen) atoms. The van der Waals surface area contributed by atoms with Gasteiger partial charge in [0.1, 0.15) is 11.5 Å². The molecule has 0 radical (unpaired) electrons. The van der Waals surface area contributed by atoms with Crippen LogP contribution in [0.5, 0.6) is 5.75 Å². The van der Waals surface area contributed by atoms with Gasteiger partial charge in [-0.05, 0) is 20.8 Å². The van der Waals surface area contributed by atoms with Gasteiger partial charge in [-0.15, -0.1) is 0 Å². The summed E-state index contributed by atoms with van der Waals surface area (Å²) >= 11 is 0. The Bertz CT molecular complexity index is 273. The van der Waals surface area contributed by atoms with Crippen LogP contribution in [-0.2, 0) is 4.79 Å². The molecule has 60 valence electrons. The topological polar surface area (TPSA) is 39.4 Å². The molecule has 0 aromatic carbocycles. The fraction of sp³-hybridized carbons (Fsp3) is 0.375. The molecule has 0 N–H and O–H groups in total. The monoisotopic (exact) mass is 154 g/mol. The third-order valence-electron chi connectivity index (χ3n) is 1.66. The van der Waals surface area contributed by atoms with E-state index in [4.69, 9.17) is 9.15 Å². The Balaban J connectivity index is 3.11. The smallest absolute Gasteiger partial charge is 0.298 e. The number of rotatable bonds is 2. The van der Waals surface area contributed by atoms with Crippen LogP contribution in [0.15, 0.2) is 4.42 Å². The van der Waals surface area contributed by atoms with Crippen LogP contribution >= 0.6 is 0 Å². The van der Waals surface area contributed by atoms with Gasteiger partial charge >= 0.3 is 0 Å². The first-order valence-electron chi connectivity index (χ1n) is 3.33. The lowest BCUT2D eigenvalue weighted by Crippen LogP contribution is -1.89. The Morgan fingerprint density at radius 1 is 1.27 bits per heavy atom. The van der Waals surface area contributed by atoms with E-state index in [-0.39, 0.29) is 0 Å². The summed E-state index contributed by atoms with van der Waals surface area (Å²) in [5.41, 5.74) is 0.884. The van der Waals surface area contributed by atoms with Gasteiger partial charge in [-0.2, -0.15) is 0 Å². The van der Waals surface area contributed by atoms with E-state index in [0.29, 0.717) is 18.0 Å². The van der Waals surface area contributed by atoms with Gasteiger partial charge in [-0.25, -0.2) is 0 Å². The molecule has 0 aliphatic carbocycles. The van der Waals surface area contributed by atoms with Gasteiger partial charge in [0.2, 0.25) is 0 Å². The summed E-state index contributed by atoms with van der Waals surface area (Å²) in [6.45, 7) is 5.85. The van der Waals surface area contributed by atoms with E-state index in [1.54, 1.807) is 6.92 Å². The molecular weight excluding hydrogens is 144 g/mol. The summed E-state index contributed by atoms with van der Waals surface area (Å²) in [6, 6.07) is 0. The first-order chi connectivity index (χ1) is 5.16. The van der Waals surface area contributed by atoms with E-state index in [9.17, 15) is 4.79 Å². The molecule has 0 atom stereocenters. The molecule has 0 fully saturated rings. The van der Waals surface area contributed by atoms with Gasteiger partial charge in [0.25, 0.3) is 6.47 Å². The summed E-state index contributed by atoms with van der Waals surface area (Å²) < 4.78 is 9.93. The van der Waals surface area contributed by atoms with Crippen molar-refractivity contribution in [3.05, 3.63) is 17.1 Å². The molecule has 0 amide bonds. The normalized spacial score (nSPS) is 9.73. The molecule has 3 nitrogen and oxygen atoms in total. The van der Waals surface area contributed by atoms with Crippen LogP contribution in [0.2, 0.25) is 0 Å². The van der Waals surface area contributed by atoms with Gasteiger partial charge in [-0.3, -0.25) is 4.79 Å². The number of aryl methyl sites for hydroxylation is 2. The highest BCUT2D eigenvalue weighted by Crippen LogP contribution is 2.27. The Hall–Kier alpha value is -1.25. The van der Waals surface area contributed by atoms with Crippen LogP contribution in [0.25, 0.3) is 0 Å². The van der Waals surface area contributed by atoms with E-state index >= 15 is 0 Å². The van der Waals surface area contributed by atoms with Crippen molar-refractivity contribution in [2.24, 2.45) is 0 Å². The van der Waals surface area contributed by atoms with Gasteiger partial charge in [0.15, 0.2) is 5.75 Å². The van der Waals surface area contributed by atoms with E-state index in [1.165, 1.54) is 0 Å². The predicted molar refractivity (Wildman–Crippen MR) is 39.6 cm³/mol. The summed E-state index contributed by atoms with van der Waals surface area (Å²) in [6.07, 6.45) is 0. The second-order valence-corrected chi connectivity index (χ2v) is 2.38. The maximum absolute atomic E-state index is 10.0. The number of furan rings is 1. The maximum atomic E-state index is 10.0. The van der Waals surface area contributed by atoms with Crippen molar-refractivity contribution < 1.29 is 13.9 Å². The number of ether oxygens (including phenoxy) is 1. The third kappa shape index (κ3) is 1.27. The summed E-state index contributed by atoms with van der Waals surface area (Å²) in [4.78, 5) is 10.0. The number of hydrogen-bond acceptors (Lipinski definition) is 3. The predicted octanol–water partition coefficient (Wildman–Crippen LogP) is 1.74. The Morgan fingerprint density at radius 3 is 2.27 bits per heavy atom. The SMILES string of the molecule is Cc1oc(C)c(OC=O)c1C. The highest BCUT2D eigenvalue weighted by atomic mass is 16.5. The van der Waals surface area contributed by atoms with Gasteiger partial charge in [-0.1, -0.05) is 0 Å². The first-order valence-corrected chi connectivity index (χ1v) is 3.33. The van der Waals surface area contributed by atoms with E-state index in [1.807, 2.05) is 13.8 Å². The Morgan fingerprint density at radius 2 is 1.91 bits per heavy atom. The fourth-order valence-corrected chi connectivity index (χ4v) is 0.996. The average molecular weight is 154 g/mol. The van der Waals surface area contributed by atoms with Gasteiger partial charge < -0.3 is 9.15 Å². The second kappa shape index (κ2) is 2.78. The molecule has 0 aliphatic heterocycles. The summed E-state index contributed by atoms with van der Waals surface area (Å²) in [5.74, 6) is 1.98. The Labute approximate surface area is 65.0 Å². The lowest BCUT2D eigenvalue weighted by atomic mass is 10.2. The molecule has 3 heteroatoms. The minimum atomic E-state index is 0.407. The summed E-state index contributed by atoms with van der Waals surface area (Å²) in [7, 11) is 0. The number of carbonyl (C=O) groups excluding carboxylic acids is 1. The molecule has 0 spiro atoms. The molecule has 1 rings (SSSR count). The zero-order valence-electron chi connectivity index (χ0n) is 6.80. The largest absolute Gasteiger partial charge is 0.462 e. The minimum Gasteiger partial charge on any atom is -0.462 e. The molecule has 1 aromatic heterocycles. The quantitative estimate of drug-likeness (QED) is 0.609. The van der Waals surface area contributed by atoms with E-state index < -0.39 is 0 Å². The van der Waals surface area contributed by atoms with Crippen LogP contribution in [0.1, 0.15) is 17.1 Å². The molecule has 1 heterocycles. The van der Waals surface area contributed by atoms with Crippen LogP contribution in [-0.4, -0.2) is 6.47 Å². The van der Waals surface area contributed by atoms with Crippen molar-refractivity contribution in [3.63, 3.8) is 0 Å². The van der Waals surface area contributed by atoms with Gasteiger partial charge in [0.05, 0.1) is 0 Å².